The van der Waals surface area contributed by atoms with Crippen molar-refractivity contribution >= 4 is 5.91 Å². The topological polar surface area (TPSA) is 94.0 Å². The molecule has 0 aliphatic rings. The number of hydrogen-bond donors (Lipinski definition) is 2. The first kappa shape index (κ1) is 18.7. The van der Waals surface area contributed by atoms with Gasteiger partial charge in [0.2, 0.25) is 11.8 Å². The molecule has 3 N–H and O–H groups in total. The highest BCUT2D eigenvalue weighted by molar-refractivity contribution is 5.95. The van der Waals surface area contributed by atoms with Crippen LogP contribution >= 0.6 is 0 Å². The van der Waals surface area contributed by atoms with E-state index >= 15 is 0 Å². The number of nitrogens with zero attached hydrogens (tertiary/aromatic N) is 2. The predicted molar refractivity (Wildman–Crippen MR) is 99.2 cm³/mol. The van der Waals surface area contributed by atoms with Crippen LogP contribution < -0.4 is 11.1 Å². The lowest BCUT2D eigenvalue weighted by molar-refractivity contribution is 0.0940. The Balaban J connectivity index is 1.77. The molecule has 7 heteroatoms. The summed E-state index contributed by atoms with van der Waals surface area (Å²) in [5.41, 5.74) is 7.11. The summed E-state index contributed by atoms with van der Waals surface area (Å²) in [6, 6.07) is 12.6. The minimum atomic E-state index is -0.745. The van der Waals surface area contributed by atoms with Crippen LogP contribution in [0.15, 0.2) is 52.9 Å². The van der Waals surface area contributed by atoms with Crippen molar-refractivity contribution in [2.75, 3.05) is 0 Å². The van der Waals surface area contributed by atoms with Gasteiger partial charge in [0.25, 0.3) is 5.91 Å². The smallest absolute Gasteiger partial charge is 0.251 e. The molecule has 0 saturated carbocycles. The third-order valence-electron chi connectivity index (χ3n) is 4.07. The number of halogens is 1. The molecule has 1 aromatic heterocycles. The van der Waals surface area contributed by atoms with Gasteiger partial charge in [0.05, 0.1) is 11.6 Å². The van der Waals surface area contributed by atoms with Gasteiger partial charge in [-0.15, -0.1) is 10.2 Å². The predicted octanol–water partition coefficient (Wildman–Crippen LogP) is 3.56. The summed E-state index contributed by atoms with van der Waals surface area (Å²) in [5, 5.41) is 10.9. The van der Waals surface area contributed by atoms with E-state index in [-0.39, 0.29) is 17.8 Å². The molecule has 0 bridgehead atoms. The number of benzene rings is 2. The first-order valence-corrected chi connectivity index (χ1v) is 8.53. The summed E-state index contributed by atoms with van der Waals surface area (Å²) in [6.07, 6.45) is 0. The van der Waals surface area contributed by atoms with Crippen molar-refractivity contribution in [1.29, 1.82) is 0 Å². The van der Waals surface area contributed by atoms with E-state index in [0.717, 1.165) is 5.56 Å². The van der Waals surface area contributed by atoms with Crippen LogP contribution in [0, 0.1) is 5.82 Å². The summed E-state index contributed by atoms with van der Waals surface area (Å²) >= 11 is 0. The molecule has 1 atom stereocenters. The lowest BCUT2D eigenvalue weighted by Crippen LogP contribution is -2.29. The first-order chi connectivity index (χ1) is 12.7. The molecule has 3 rings (SSSR count). The number of carbonyl (C=O) groups excluding carboxylic acids is 1. The minimum absolute atomic E-state index is 0.257. The largest absolute Gasteiger partial charge is 0.419 e. The van der Waals surface area contributed by atoms with Crippen molar-refractivity contribution in [2.24, 2.45) is 5.73 Å². The number of rotatable bonds is 5. The quantitative estimate of drug-likeness (QED) is 0.718. The van der Waals surface area contributed by atoms with Gasteiger partial charge in [-0.05, 0) is 56.7 Å². The van der Waals surface area contributed by atoms with E-state index in [4.69, 9.17) is 10.2 Å². The molecule has 0 unspecified atom stereocenters. The van der Waals surface area contributed by atoms with Crippen LogP contribution in [0.25, 0.3) is 11.5 Å². The maximum absolute atomic E-state index is 13.0. The second kappa shape index (κ2) is 7.28. The van der Waals surface area contributed by atoms with Crippen LogP contribution in [-0.2, 0) is 5.54 Å². The summed E-state index contributed by atoms with van der Waals surface area (Å²) in [4.78, 5) is 12.6. The maximum atomic E-state index is 13.0. The van der Waals surface area contributed by atoms with Crippen molar-refractivity contribution in [1.82, 2.24) is 15.5 Å². The Hall–Kier alpha value is -3.06. The van der Waals surface area contributed by atoms with Crippen molar-refractivity contribution in [2.45, 2.75) is 32.4 Å². The fourth-order valence-electron chi connectivity index (χ4n) is 2.51. The highest BCUT2D eigenvalue weighted by Crippen LogP contribution is 2.23. The first-order valence-electron chi connectivity index (χ1n) is 8.53. The van der Waals surface area contributed by atoms with Gasteiger partial charge in [-0.3, -0.25) is 4.79 Å². The molecule has 0 fully saturated rings. The summed E-state index contributed by atoms with van der Waals surface area (Å²) in [6.45, 7) is 5.37. The number of aromatic nitrogens is 2. The zero-order chi connectivity index (χ0) is 19.6. The van der Waals surface area contributed by atoms with E-state index in [2.05, 4.69) is 15.5 Å². The highest BCUT2D eigenvalue weighted by Gasteiger charge is 2.22. The van der Waals surface area contributed by atoms with Gasteiger partial charge in [0.1, 0.15) is 5.82 Å². The molecule has 27 heavy (non-hydrogen) atoms. The standard InChI is InChI=1S/C20H21FN4O2/c1-12(13-7-9-16(21)10-8-13)23-17(26)14-5-4-6-15(11-14)18-24-25-19(27-18)20(2,3)22/h4-12H,22H2,1-3H3,(H,23,26)/t12-/m1/s1. The molecule has 6 nitrogen and oxygen atoms in total. The van der Waals surface area contributed by atoms with Gasteiger partial charge < -0.3 is 15.5 Å². The van der Waals surface area contributed by atoms with Gasteiger partial charge in [-0.25, -0.2) is 4.39 Å². The number of carbonyl (C=O) groups is 1. The normalized spacial score (nSPS) is 12.6. The molecule has 0 radical (unpaired) electrons. The van der Waals surface area contributed by atoms with Gasteiger partial charge in [-0.1, -0.05) is 18.2 Å². The maximum Gasteiger partial charge on any atom is 0.251 e. The number of nitrogens with one attached hydrogen (secondary N) is 1. The fourth-order valence-corrected chi connectivity index (χ4v) is 2.51. The van der Waals surface area contributed by atoms with Crippen LogP contribution in [0.5, 0.6) is 0 Å². The lowest BCUT2D eigenvalue weighted by atomic mass is 10.1. The Morgan fingerprint density at radius 1 is 1.19 bits per heavy atom. The molecule has 0 saturated heterocycles. The van der Waals surface area contributed by atoms with Gasteiger partial charge in [-0.2, -0.15) is 0 Å². The van der Waals surface area contributed by atoms with E-state index in [9.17, 15) is 9.18 Å². The zero-order valence-electron chi connectivity index (χ0n) is 15.4. The van der Waals surface area contributed by atoms with Gasteiger partial charge in [0.15, 0.2) is 0 Å². The SMILES string of the molecule is C[C@@H](NC(=O)c1cccc(-c2nnc(C(C)(C)N)o2)c1)c1ccc(F)cc1. The van der Waals surface area contributed by atoms with E-state index in [1.165, 1.54) is 12.1 Å². The zero-order valence-corrected chi connectivity index (χ0v) is 15.4. The van der Waals surface area contributed by atoms with E-state index in [1.54, 1.807) is 50.2 Å². The van der Waals surface area contributed by atoms with Crippen molar-refractivity contribution in [3.05, 3.63) is 71.4 Å². The Morgan fingerprint density at radius 3 is 2.52 bits per heavy atom. The molecule has 1 heterocycles. The Labute approximate surface area is 156 Å². The third-order valence-corrected chi connectivity index (χ3v) is 4.07. The number of amides is 1. The third kappa shape index (κ3) is 4.38. The average molecular weight is 368 g/mol. The molecule has 3 aromatic rings. The van der Waals surface area contributed by atoms with Crippen molar-refractivity contribution in [3.63, 3.8) is 0 Å². The second-order valence-electron chi connectivity index (χ2n) is 6.96. The second-order valence-corrected chi connectivity index (χ2v) is 6.96. The van der Waals surface area contributed by atoms with Gasteiger partial charge in [0, 0.05) is 11.1 Å². The molecular weight excluding hydrogens is 347 g/mol. The molecule has 1 amide bonds. The Morgan fingerprint density at radius 2 is 1.89 bits per heavy atom. The van der Waals surface area contributed by atoms with Crippen molar-refractivity contribution in [3.8, 4) is 11.5 Å². The van der Waals surface area contributed by atoms with Crippen LogP contribution in [0.4, 0.5) is 4.39 Å². The van der Waals surface area contributed by atoms with Crippen LogP contribution in [-0.4, -0.2) is 16.1 Å². The average Bonchev–Trinajstić information content (AvgIpc) is 3.13. The molecule has 0 aliphatic carbocycles. The minimum Gasteiger partial charge on any atom is -0.419 e. The van der Waals surface area contributed by atoms with Crippen LogP contribution in [0.2, 0.25) is 0 Å². The lowest BCUT2D eigenvalue weighted by Gasteiger charge is -2.14. The van der Waals surface area contributed by atoms with E-state index < -0.39 is 5.54 Å². The molecular formula is C20H21FN4O2. The molecule has 0 spiro atoms. The number of nitrogens with two attached hydrogens (primary N) is 1. The fraction of sp³-hybridized carbons (Fsp3) is 0.250. The van der Waals surface area contributed by atoms with Crippen LogP contribution in [0.1, 0.15) is 48.6 Å². The molecule has 0 aliphatic heterocycles. The summed E-state index contributed by atoms with van der Waals surface area (Å²) < 4.78 is 18.7. The monoisotopic (exact) mass is 368 g/mol. The highest BCUT2D eigenvalue weighted by atomic mass is 19.1. The van der Waals surface area contributed by atoms with Crippen molar-refractivity contribution < 1.29 is 13.6 Å². The van der Waals surface area contributed by atoms with Gasteiger partial charge >= 0.3 is 0 Å². The summed E-state index contributed by atoms with van der Waals surface area (Å²) in [5.74, 6) is 0.0409. The Kier molecular flexibility index (Phi) is 5.05. The van der Waals surface area contributed by atoms with E-state index in [0.29, 0.717) is 22.9 Å². The molecule has 2 aromatic carbocycles. The Bertz CT molecular complexity index is 945. The van der Waals surface area contributed by atoms with Crippen LogP contribution in [0.3, 0.4) is 0 Å². The molecule has 140 valence electrons. The number of hydrogen-bond acceptors (Lipinski definition) is 5. The van der Waals surface area contributed by atoms with E-state index in [1.807, 2.05) is 6.92 Å². The summed E-state index contributed by atoms with van der Waals surface area (Å²) in [7, 11) is 0.